The molecule has 5 nitrogen and oxygen atoms in total. The lowest BCUT2D eigenvalue weighted by molar-refractivity contribution is -0.139. The second kappa shape index (κ2) is 6.54. The standard InChI is InChI=1S/C16H22N4O/c17-5-6-19-9-15-11-20(12-16(10-19)21-15)8-14-3-1-13(7-18)2-4-14/h1-4,15-16H,5-6,8-12,17H2. The molecule has 3 rings (SSSR count). The maximum atomic E-state index is 8.84. The summed E-state index contributed by atoms with van der Waals surface area (Å²) in [6.07, 6.45) is 0.588. The lowest BCUT2D eigenvalue weighted by Gasteiger charge is -2.45. The van der Waals surface area contributed by atoms with Gasteiger partial charge in [0.25, 0.3) is 0 Å². The Hall–Kier alpha value is -1.45. The van der Waals surface area contributed by atoms with E-state index in [2.05, 4.69) is 15.9 Å². The molecule has 2 heterocycles. The van der Waals surface area contributed by atoms with Crippen molar-refractivity contribution < 1.29 is 4.74 Å². The average Bonchev–Trinajstić information content (AvgIpc) is 2.47. The van der Waals surface area contributed by atoms with E-state index in [-0.39, 0.29) is 0 Å². The predicted octanol–water partition coefficient (Wildman–Crippen LogP) is 0.402. The third-order valence-corrected chi connectivity index (χ3v) is 4.17. The summed E-state index contributed by atoms with van der Waals surface area (Å²) in [5.74, 6) is 0. The number of nitrogens with zero attached hydrogens (tertiary/aromatic N) is 3. The van der Waals surface area contributed by atoms with E-state index in [4.69, 9.17) is 15.7 Å². The van der Waals surface area contributed by atoms with E-state index in [9.17, 15) is 0 Å². The molecule has 1 aromatic rings. The van der Waals surface area contributed by atoms with Crippen LogP contribution in [0.2, 0.25) is 0 Å². The molecule has 0 aliphatic carbocycles. The number of hydrogen-bond donors (Lipinski definition) is 1. The Kier molecular flexibility index (Phi) is 4.51. The van der Waals surface area contributed by atoms with Gasteiger partial charge < -0.3 is 10.5 Å². The molecule has 5 heteroatoms. The third kappa shape index (κ3) is 3.60. The largest absolute Gasteiger partial charge is 0.370 e. The van der Waals surface area contributed by atoms with Crippen molar-refractivity contribution in [3.63, 3.8) is 0 Å². The molecular formula is C16H22N4O. The minimum atomic E-state index is 0.294. The normalized spacial score (nSPS) is 26.5. The summed E-state index contributed by atoms with van der Waals surface area (Å²) in [7, 11) is 0. The second-order valence-corrected chi connectivity index (χ2v) is 5.93. The van der Waals surface area contributed by atoms with Crippen molar-refractivity contribution in [3.05, 3.63) is 35.4 Å². The van der Waals surface area contributed by atoms with Gasteiger partial charge in [-0.2, -0.15) is 5.26 Å². The van der Waals surface area contributed by atoms with Crippen LogP contribution in [-0.2, 0) is 11.3 Å². The maximum Gasteiger partial charge on any atom is 0.0991 e. The Morgan fingerprint density at radius 2 is 1.71 bits per heavy atom. The number of benzene rings is 1. The fourth-order valence-electron chi connectivity index (χ4n) is 3.30. The van der Waals surface area contributed by atoms with E-state index >= 15 is 0 Å². The van der Waals surface area contributed by atoms with Gasteiger partial charge in [0.1, 0.15) is 0 Å². The number of ether oxygens (including phenoxy) is 1. The molecular weight excluding hydrogens is 264 g/mol. The van der Waals surface area contributed by atoms with Crippen LogP contribution in [0, 0.1) is 11.3 Å². The van der Waals surface area contributed by atoms with Gasteiger partial charge in [-0.05, 0) is 17.7 Å². The molecule has 2 bridgehead atoms. The van der Waals surface area contributed by atoms with Crippen LogP contribution in [0.25, 0.3) is 0 Å². The molecule has 0 aromatic heterocycles. The Morgan fingerprint density at radius 1 is 1.10 bits per heavy atom. The van der Waals surface area contributed by atoms with Crippen LogP contribution in [0.1, 0.15) is 11.1 Å². The van der Waals surface area contributed by atoms with Crippen LogP contribution in [0.3, 0.4) is 0 Å². The lowest BCUT2D eigenvalue weighted by Crippen LogP contribution is -2.59. The minimum absolute atomic E-state index is 0.294. The van der Waals surface area contributed by atoms with Gasteiger partial charge in [0.2, 0.25) is 0 Å². The highest BCUT2D eigenvalue weighted by atomic mass is 16.5. The Bertz CT molecular complexity index is 496. The van der Waals surface area contributed by atoms with Gasteiger partial charge in [-0.3, -0.25) is 9.80 Å². The zero-order chi connectivity index (χ0) is 14.7. The third-order valence-electron chi connectivity index (χ3n) is 4.17. The lowest BCUT2D eigenvalue weighted by atomic mass is 10.1. The molecule has 2 unspecified atom stereocenters. The van der Waals surface area contributed by atoms with Crippen LogP contribution in [0.4, 0.5) is 0 Å². The Balaban J connectivity index is 1.58. The van der Waals surface area contributed by atoms with Gasteiger partial charge in [0, 0.05) is 45.8 Å². The van der Waals surface area contributed by atoms with Crippen molar-refractivity contribution in [2.24, 2.45) is 5.73 Å². The van der Waals surface area contributed by atoms with E-state index < -0.39 is 0 Å². The van der Waals surface area contributed by atoms with Crippen molar-refractivity contribution in [2.75, 3.05) is 39.3 Å². The summed E-state index contributed by atoms with van der Waals surface area (Å²) in [6, 6.07) is 10.0. The smallest absolute Gasteiger partial charge is 0.0991 e. The number of nitrogens with two attached hydrogens (primary N) is 1. The second-order valence-electron chi connectivity index (χ2n) is 5.93. The topological polar surface area (TPSA) is 65.5 Å². The van der Waals surface area contributed by atoms with Gasteiger partial charge in [0.05, 0.1) is 23.8 Å². The molecule has 2 saturated heterocycles. The van der Waals surface area contributed by atoms with E-state index in [1.54, 1.807) is 0 Å². The Labute approximate surface area is 125 Å². The molecule has 0 amide bonds. The van der Waals surface area contributed by atoms with Crippen molar-refractivity contribution in [1.82, 2.24) is 9.80 Å². The average molecular weight is 286 g/mol. The van der Waals surface area contributed by atoms with Gasteiger partial charge in [0.15, 0.2) is 0 Å². The molecule has 2 N–H and O–H groups in total. The molecule has 2 fully saturated rings. The summed E-state index contributed by atoms with van der Waals surface area (Å²) >= 11 is 0. The maximum absolute atomic E-state index is 8.84. The summed E-state index contributed by atoms with van der Waals surface area (Å²) in [5, 5.41) is 8.84. The zero-order valence-electron chi connectivity index (χ0n) is 12.2. The molecule has 0 saturated carbocycles. The SMILES string of the molecule is N#Cc1ccc(CN2CC3CN(CCN)CC(C2)O3)cc1. The molecule has 112 valence electrons. The van der Waals surface area contributed by atoms with Gasteiger partial charge >= 0.3 is 0 Å². The first-order valence-corrected chi connectivity index (χ1v) is 7.56. The van der Waals surface area contributed by atoms with Crippen LogP contribution in [0.5, 0.6) is 0 Å². The first-order valence-electron chi connectivity index (χ1n) is 7.56. The van der Waals surface area contributed by atoms with Crippen molar-refractivity contribution >= 4 is 0 Å². The molecule has 2 atom stereocenters. The molecule has 0 radical (unpaired) electrons. The summed E-state index contributed by atoms with van der Waals surface area (Å²) in [5.41, 5.74) is 7.62. The monoisotopic (exact) mass is 286 g/mol. The number of morpholine rings is 2. The molecule has 2 aliphatic rings. The fourth-order valence-corrected chi connectivity index (χ4v) is 3.30. The number of rotatable bonds is 4. The van der Waals surface area contributed by atoms with E-state index in [1.807, 2.05) is 24.3 Å². The Morgan fingerprint density at radius 3 is 2.29 bits per heavy atom. The van der Waals surface area contributed by atoms with Gasteiger partial charge in [-0.1, -0.05) is 12.1 Å². The highest BCUT2D eigenvalue weighted by Gasteiger charge is 2.34. The first kappa shape index (κ1) is 14.5. The van der Waals surface area contributed by atoms with Gasteiger partial charge in [-0.25, -0.2) is 0 Å². The van der Waals surface area contributed by atoms with E-state index in [0.29, 0.717) is 18.8 Å². The number of fused-ring (bicyclic) bond motifs is 2. The highest BCUT2D eigenvalue weighted by molar-refractivity contribution is 5.31. The molecule has 1 aromatic carbocycles. The van der Waals surface area contributed by atoms with Crippen LogP contribution in [0.15, 0.2) is 24.3 Å². The predicted molar refractivity (Wildman–Crippen MR) is 80.6 cm³/mol. The first-order chi connectivity index (χ1) is 10.3. The van der Waals surface area contributed by atoms with Crippen molar-refractivity contribution in [2.45, 2.75) is 18.8 Å². The fraction of sp³-hybridized carbons (Fsp3) is 0.562. The minimum Gasteiger partial charge on any atom is -0.370 e. The van der Waals surface area contributed by atoms with Gasteiger partial charge in [-0.15, -0.1) is 0 Å². The van der Waals surface area contributed by atoms with Crippen LogP contribution in [-0.4, -0.2) is 61.3 Å². The summed E-state index contributed by atoms with van der Waals surface area (Å²) in [4.78, 5) is 4.87. The van der Waals surface area contributed by atoms with Crippen molar-refractivity contribution in [3.8, 4) is 6.07 Å². The number of hydrogen-bond acceptors (Lipinski definition) is 5. The molecule has 2 aliphatic heterocycles. The van der Waals surface area contributed by atoms with E-state index in [1.165, 1.54) is 5.56 Å². The highest BCUT2D eigenvalue weighted by Crippen LogP contribution is 2.20. The quantitative estimate of drug-likeness (QED) is 0.868. The summed E-state index contributed by atoms with van der Waals surface area (Å²) in [6.45, 7) is 6.52. The number of nitriles is 1. The van der Waals surface area contributed by atoms with Crippen LogP contribution >= 0.6 is 0 Å². The van der Waals surface area contributed by atoms with Crippen molar-refractivity contribution in [1.29, 1.82) is 5.26 Å². The van der Waals surface area contributed by atoms with Crippen LogP contribution < -0.4 is 5.73 Å². The molecule has 0 spiro atoms. The zero-order valence-corrected chi connectivity index (χ0v) is 12.2. The molecule has 21 heavy (non-hydrogen) atoms. The summed E-state index contributed by atoms with van der Waals surface area (Å²) < 4.78 is 6.04. The van der Waals surface area contributed by atoms with E-state index in [0.717, 1.165) is 44.8 Å².